The van der Waals surface area contributed by atoms with Crippen molar-refractivity contribution >= 4 is 34.0 Å². The highest BCUT2D eigenvalue weighted by atomic mass is 35.5. The molecule has 0 amide bonds. The highest BCUT2D eigenvalue weighted by Gasteiger charge is 2.09. The van der Waals surface area contributed by atoms with Crippen molar-refractivity contribution in [3.05, 3.63) is 39.6 Å². The van der Waals surface area contributed by atoms with Gasteiger partial charge in [-0.25, -0.2) is 4.98 Å². The Morgan fingerprint density at radius 3 is 2.50 bits per heavy atom. The largest absolute Gasteiger partial charge is 0.223 e. The number of fused-ring (bicyclic) bond motifs is 1. The van der Waals surface area contributed by atoms with Gasteiger partial charge in [-0.05, 0) is 30.4 Å². The van der Waals surface area contributed by atoms with E-state index in [1.54, 1.807) is 0 Å². The molecular formula is C11H9Cl2N. The van der Waals surface area contributed by atoms with Gasteiger partial charge in [0, 0.05) is 5.39 Å². The van der Waals surface area contributed by atoms with Gasteiger partial charge in [0.05, 0.1) is 0 Å². The standard InChI is InChI=1S/C11H9Cl2N/c1-6-4-3-5-8-9(6)7(2)10(12)14-11(8)13/h3-5H,1-2H3. The van der Waals surface area contributed by atoms with Gasteiger partial charge in [0.1, 0.15) is 10.3 Å². The van der Waals surface area contributed by atoms with E-state index in [-0.39, 0.29) is 0 Å². The Kier molecular flexibility index (Phi) is 2.38. The number of rotatable bonds is 0. The van der Waals surface area contributed by atoms with Crippen LogP contribution in [0.15, 0.2) is 18.2 Å². The molecule has 0 aliphatic carbocycles. The maximum atomic E-state index is 6.01. The van der Waals surface area contributed by atoms with Crippen LogP contribution in [0.5, 0.6) is 0 Å². The molecule has 14 heavy (non-hydrogen) atoms. The van der Waals surface area contributed by atoms with Crippen molar-refractivity contribution in [3.63, 3.8) is 0 Å². The molecule has 0 aliphatic heterocycles. The predicted molar refractivity (Wildman–Crippen MR) is 61.2 cm³/mol. The van der Waals surface area contributed by atoms with Crippen LogP contribution in [-0.2, 0) is 0 Å². The van der Waals surface area contributed by atoms with E-state index in [1.165, 1.54) is 5.56 Å². The van der Waals surface area contributed by atoms with Crippen molar-refractivity contribution in [1.29, 1.82) is 0 Å². The summed E-state index contributed by atoms with van der Waals surface area (Å²) in [5.74, 6) is 0. The van der Waals surface area contributed by atoms with Gasteiger partial charge in [-0.1, -0.05) is 41.4 Å². The van der Waals surface area contributed by atoms with Gasteiger partial charge in [-0.2, -0.15) is 0 Å². The number of pyridine rings is 1. The minimum Gasteiger partial charge on any atom is -0.223 e. The summed E-state index contributed by atoms with van der Waals surface area (Å²) >= 11 is 12.0. The molecule has 0 bridgehead atoms. The molecule has 0 aliphatic rings. The summed E-state index contributed by atoms with van der Waals surface area (Å²) < 4.78 is 0. The number of benzene rings is 1. The first-order valence-corrected chi connectivity index (χ1v) is 5.08. The second-order valence-electron chi connectivity index (χ2n) is 3.32. The van der Waals surface area contributed by atoms with Crippen molar-refractivity contribution in [2.75, 3.05) is 0 Å². The number of aryl methyl sites for hydroxylation is 2. The monoisotopic (exact) mass is 225 g/mol. The fourth-order valence-corrected chi connectivity index (χ4v) is 2.14. The maximum Gasteiger partial charge on any atom is 0.138 e. The second kappa shape index (κ2) is 3.41. The Bertz CT molecular complexity index is 506. The predicted octanol–water partition coefficient (Wildman–Crippen LogP) is 4.16. The average Bonchev–Trinajstić information content (AvgIpc) is 2.14. The van der Waals surface area contributed by atoms with Crippen molar-refractivity contribution < 1.29 is 0 Å². The molecule has 0 N–H and O–H groups in total. The molecule has 0 spiro atoms. The van der Waals surface area contributed by atoms with E-state index in [0.29, 0.717) is 10.3 Å². The molecule has 2 aromatic rings. The van der Waals surface area contributed by atoms with E-state index in [1.807, 2.05) is 32.0 Å². The number of nitrogens with zero attached hydrogens (tertiary/aromatic N) is 1. The molecule has 0 radical (unpaired) electrons. The van der Waals surface area contributed by atoms with E-state index in [4.69, 9.17) is 23.2 Å². The first kappa shape index (κ1) is 9.75. The molecule has 0 unspecified atom stereocenters. The van der Waals surface area contributed by atoms with Crippen molar-refractivity contribution in [2.45, 2.75) is 13.8 Å². The minimum absolute atomic E-state index is 0.472. The maximum absolute atomic E-state index is 6.01. The molecule has 1 nitrogen and oxygen atoms in total. The summed E-state index contributed by atoms with van der Waals surface area (Å²) in [5.41, 5.74) is 2.16. The minimum atomic E-state index is 0.472. The van der Waals surface area contributed by atoms with Crippen LogP contribution < -0.4 is 0 Å². The lowest BCUT2D eigenvalue weighted by atomic mass is 10.0. The van der Waals surface area contributed by atoms with Crippen LogP contribution in [0.25, 0.3) is 10.8 Å². The lowest BCUT2D eigenvalue weighted by Gasteiger charge is -2.08. The molecule has 3 heteroatoms. The Balaban J connectivity index is 3.03. The van der Waals surface area contributed by atoms with Crippen LogP contribution in [0.2, 0.25) is 10.3 Å². The van der Waals surface area contributed by atoms with Crippen LogP contribution >= 0.6 is 23.2 Å². The quantitative estimate of drug-likeness (QED) is 0.614. The van der Waals surface area contributed by atoms with E-state index in [2.05, 4.69) is 4.98 Å². The second-order valence-corrected chi connectivity index (χ2v) is 4.03. The summed E-state index contributed by atoms with van der Waals surface area (Å²) in [6.45, 7) is 4.00. The molecule has 0 atom stereocenters. The number of hydrogen-bond acceptors (Lipinski definition) is 1. The van der Waals surface area contributed by atoms with E-state index >= 15 is 0 Å². The topological polar surface area (TPSA) is 12.9 Å². The smallest absolute Gasteiger partial charge is 0.138 e. The van der Waals surface area contributed by atoms with Gasteiger partial charge >= 0.3 is 0 Å². The zero-order valence-electron chi connectivity index (χ0n) is 7.94. The molecule has 1 heterocycles. The first-order chi connectivity index (χ1) is 6.61. The van der Waals surface area contributed by atoms with E-state index < -0.39 is 0 Å². The van der Waals surface area contributed by atoms with Crippen molar-refractivity contribution in [2.24, 2.45) is 0 Å². The van der Waals surface area contributed by atoms with Crippen LogP contribution in [0, 0.1) is 13.8 Å². The Labute approximate surface area is 92.7 Å². The molecule has 72 valence electrons. The third-order valence-corrected chi connectivity index (χ3v) is 3.03. The Morgan fingerprint density at radius 2 is 1.79 bits per heavy atom. The lowest BCUT2D eigenvalue weighted by Crippen LogP contribution is -1.89. The van der Waals surface area contributed by atoms with Crippen molar-refractivity contribution in [1.82, 2.24) is 4.98 Å². The van der Waals surface area contributed by atoms with E-state index in [9.17, 15) is 0 Å². The molecule has 0 saturated carbocycles. The van der Waals surface area contributed by atoms with Crippen LogP contribution in [0.4, 0.5) is 0 Å². The third kappa shape index (κ3) is 1.37. The average molecular weight is 226 g/mol. The van der Waals surface area contributed by atoms with Gasteiger partial charge < -0.3 is 0 Å². The number of aromatic nitrogens is 1. The van der Waals surface area contributed by atoms with Gasteiger partial charge in [0.15, 0.2) is 0 Å². The van der Waals surface area contributed by atoms with E-state index in [0.717, 1.165) is 16.3 Å². The zero-order valence-corrected chi connectivity index (χ0v) is 9.45. The summed E-state index contributed by atoms with van der Waals surface area (Å²) in [6.07, 6.45) is 0. The SMILES string of the molecule is Cc1cccc2c(Cl)nc(Cl)c(C)c12. The highest BCUT2D eigenvalue weighted by molar-refractivity contribution is 6.37. The highest BCUT2D eigenvalue weighted by Crippen LogP contribution is 2.30. The molecule has 1 aromatic carbocycles. The fourth-order valence-electron chi connectivity index (χ4n) is 1.67. The summed E-state index contributed by atoms with van der Waals surface area (Å²) in [7, 11) is 0. The van der Waals surface area contributed by atoms with Gasteiger partial charge in [0.25, 0.3) is 0 Å². The van der Waals surface area contributed by atoms with Gasteiger partial charge in [-0.15, -0.1) is 0 Å². The summed E-state index contributed by atoms with van der Waals surface area (Å²) in [5, 5.41) is 3.03. The Hall–Kier alpha value is -0.790. The Morgan fingerprint density at radius 1 is 1.07 bits per heavy atom. The fraction of sp³-hybridized carbons (Fsp3) is 0.182. The van der Waals surface area contributed by atoms with Crippen LogP contribution in [-0.4, -0.2) is 4.98 Å². The molecule has 0 fully saturated rings. The molecular weight excluding hydrogens is 217 g/mol. The first-order valence-electron chi connectivity index (χ1n) is 4.32. The van der Waals surface area contributed by atoms with Crippen LogP contribution in [0.1, 0.15) is 11.1 Å². The molecule has 2 rings (SSSR count). The number of hydrogen-bond donors (Lipinski definition) is 0. The summed E-state index contributed by atoms with van der Waals surface area (Å²) in [6, 6.07) is 5.97. The number of halogens is 2. The van der Waals surface area contributed by atoms with Gasteiger partial charge in [0.2, 0.25) is 0 Å². The van der Waals surface area contributed by atoms with Crippen molar-refractivity contribution in [3.8, 4) is 0 Å². The normalized spacial score (nSPS) is 10.9. The van der Waals surface area contributed by atoms with Crippen LogP contribution in [0.3, 0.4) is 0 Å². The third-order valence-electron chi connectivity index (χ3n) is 2.38. The van der Waals surface area contributed by atoms with Gasteiger partial charge in [-0.3, -0.25) is 0 Å². The lowest BCUT2D eigenvalue weighted by molar-refractivity contribution is 1.30. The molecule has 0 saturated heterocycles. The summed E-state index contributed by atoms with van der Waals surface area (Å²) in [4.78, 5) is 4.07. The zero-order chi connectivity index (χ0) is 10.3. The molecule has 1 aromatic heterocycles.